The molecule has 3 heteroatoms. The van der Waals surface area contributed by atoms with Crippen LogP contribution in [0.3, 0.4) is 0 Å². The average Bonchev–Trinajstić information content (AvgIpc) is 1.66. The van der Waals surface area contributed by atoms with Crippen molar-refractivity contribution in [2.75, 3.05) is 6.61 Å². The van der Waals surface area contributed by atoms with Gasteiger partial charge in [0.15, 0.2) is 0 Å². The number of ether oxygens (including phenoxy) is 1. The molecule has 0 rings (SSSR count). The van der Waals surface area contributed by atoms with E-state index in [2.05, 4.69) is 0 Å². The molecule has 0 aromatic rings. The average molecular weight is 139 g/mol. The van der Waals surface area contributed by atoms with Crippen LogP contribution in [0.2, 0.25) is 0 Å². The summed E-state index contributed by atoms with van der Waals surface area (Å²) in [5, 5.41) is 8.62. The van der Waals surface area contributed by atoms with Crippen LogP contribution in [0.4, 0.5) is 0 Å². The number of hydrogen-bond acceptors (Lipinski definition) is 2. The molecule has 0 bridgehead atoms. The van der Waals surface area contributed by atoms with Gasteiger partial charge in [0, 0.05) is 29.6 Å². The Balaban J connectivity index is 0. The van der Waals surface area contributed by atoms with Crippen molar-refractivity contribution < 1.29 is 9.84 Å². The smallest absolute Gasteiger partial charge is 0.113 e. The maximum atomic E-state index is 8.62. The summed E-state index contributed by atoms with van der Waals surface area (Å²) in [4.78, 5) is 0. The van der Waals surface area contributed by atoms with Crippen LogP contribution in [0, 0.1) is 0 Å². The molecule has 0 spiro atoms. The number of aliphatic hydroxyl groups excluding tert-OH is 1. The molecular formula is C6H12NaO2. The van der Waals surface area contributed by atoms with Crippen molar-refractivity contribution >= 4 is 29.6 Å². The van der Waals surface area contributed by atoms with Gasteiger partial charge >= 0.3 is 0 Å². The van der Waals surface area contributed by atoms with Gasteiger partial charge in [0.1, 0.15) is 6.61 Å². The summed E-state index contributed by atoms with van der Waals surface area (Å²) in [5.41, 5.74) is 0. The van der Waals surface area contributed by atoms with E-state index in [1.54, 1.807) is 19.3 Å². The van der Waals surface area contributed by atoms with Gasteiger partial charge in [-0.2, -0.15) is 0 Å². The Kier molecular flexibility index (Phi) is 11.5. The molecule has 1 radical (unpaired) electrons. The van der Waals surface area contributed by atoms with E-state index in [1.165, 1.54) is 0 Å². The van der Waals surface area contributed by atoms with Crippen LogP contribution >= 0.6 is 0 Å². The number of allylic oxidation sites excluding steroid dienone is 1. The SMILES string of the molecule is CC=COCC(C)O.[Na]. The Bertz CT molecular complexity index is 71.5. The minimum atomic E-state index is -0.369. The molecule has 1 N–H and O–H groups in total. The number of rotatable bonds is 3. The molecule has 0 aliphatic carbocycles. The van der Waals surface area contributed by atoms with Crippen LogP contribution in [0.1, 0.15) is 13.8 Å². The first kappa shape index (κ1) is 12.2. The van der Waals surface area contributed by atoms with Crippen LogP contribution < -0.4 is 0 Å². The Morgan fingerprint density at radius 2 is 2.22 bits per heavy atom. The Morgan fingerprint density at radius 1 is 1.67 bits per heavy atom. The molecule has 0 saturated carbocycles. The fraction of sp³-hybridized carbons (Fsp3) is 0.667. The topological polar surface area (TPSA) is 29.5 Å². The fourth-order valence-electron chi connectivity index (χ4n) is 0.291. The number of aliphatic hydroxyl groups is 1. The Hall–Kier alpha value is 0.500. The molecule has 0 aliphatic heterocycles. The second kappa shape index (κ2) is 8.50. The van der Waals surface area contributed by atoms with E-state index in [0.29, 0.717) is 6.61 Å². The van der Waals surface area contributed by atoms with Gasteiger partial charge in [-0.15, -0.1) is 0 Å². The molecule has 49 valence electrons. The largest absolute Gasteiger partial charge is 0.499 e. The third-order valence-corrected chi connectivity index (χ3v) is 0.570. The normalized spacial score (nSPS) is 12.8. The maximum Gasteiger partial charge on any atom is 0.113 e. The standard InChI is InChI=1S/C6H12O2.Na/c1-3-4-8-5-6(2)7;/h3-4,6-7H,5H2,1-2H3;. The van der Waals surface area contributed by atoms with Crippen LogP contribution in [0.15, 0.2) is 12.3 Å². The molecule has 0 fully saturated rings. The first-order valence-corrected chi connectivity index (χ1v) is 2.68. The summed E-state index contributed by atoms with van der Waals surface area (Å²) in [5.74, 6) is 0. The monoisotopic (exact) mass is 139 g/mol. The summed E-state index contributed by atoms with van der Waals surface area (Å²) >= 11 is 0. The molecule has 1 atom stereocenters. The van der Waals surface area contributed by atoms with E-state index in [-0.39, 0.29) is 35.7 Å². The molecule has 0 amide bonds. The molecule has 1 unspecified atom stereocenters. The second-order valence-corrected chi connectivity index (χ2v) is 1.65. The maximum absolute atomic E-state index is 8.62. The molecule has 9 heavy (non-hydrogen) atoms. The summed E-state index contributed by atoms with van der Waals surface area (Å²) in [7, 11) is 0. The van der Waals surface area contributed by atoms with Gasteiger partial charge in [0.05, 0.1) is 12.4 Å². The van der Waals surface area contributed by atoms with Crippen molar-refractivity contribution in [1.29, 1.82) is 0 Å². The quantitative estimate of drug-likeness (QED) is 0.456. The van der Waals surface area contributed by atoms with Crippen LogP contribution in [0.5, 0.6) is 0 Å². The van der Waals surface area contributed by atoms with E-state index in [9.17, 15) is 0 Å². The van der Waals surface area contributed by atoms with E-state index >= 15 is 0 Å². The van der Waals surface area contributed by atoms with Crippen molar-refractivity contribution in [3.63, 3.8) is 0 Å². The van der Waals surface area contributed by atoms with Crippen molar-refractivity contribution in [2.24, 2.45) is 0 Å². The van der Waals surface area contributed by atoms with E-state index in [4.69, 9.17) is 9.84 Å². The van der Waals surface area contributed by atoms with Gasteiger partial charge in [-0.1, -0.05) is 6.08 Å². The molecule has 0 aliphatic rings. The molecule has 0 saturated heterocycles. The molecule has 0 aromatic carbocycles. The van der Waals surface area contributed by atoms with Crippen molar-refractivity contribution in [1.82, 2.24) is 0 Å². The van der Waals surface area contributed by atoms with Crippen molar-refractivity contribution in [2.45, 2.75) is 20.0 Å². The molecule has 2 nitrogen and oxygen atoms in total. The van der Waals surface area contributed by atoms with Crippen molar-refractivity contribution in [3.8, 4) is 0 Å². The Labute approximate surface area is 78.2 Å². The summed E-state index contributed by atoms with van der Waals surface area (Å²) < 4.78 is 4.81. The van der Waals surface area contributed by atoms with Crippen LogP contribution in [-0.4, -0.2) is 47.4 Å². The van der Waals surface area contributed by atoms with E-state index in [1.807, 2.05) is 6.92 Å². The van der Waals surface area contributed by atoms with Gasteiger partial charge in [-0.05, 0) is 13.8 Å². The first-order chi connectivity index (χ1) is 3.77. The summed E-state index contributed by atoms with van der Waals surface area (Å²) in [6.45, 7) is 3.93. The molecular weight excluding hydrogens is 127 g/mol. The minimum absolute atomic E-state index is 0. The van der Waals surface area contributed by atoms with E-state index in [0.717, 1.165) is 0 Å². The Morgan fingerprint density at radius 3 is 2.56 bits per heavy atom. The summed E-state index contributed by atoms with van der Waals surface area (Å²) in [6.07, 6.45) is 2.97. The number of hydrogen-bond donors (Lipinski definition) is 1. The van der Waals surface area contributed by atoms with Gasteiger partial charge < -0.3 is 9.84 Å². The third-order valence-electron chi connectivity index (χ3n) is 0.570. The molecule has 0 aromatic heterocycles. The van der Waals surface area contributed by atoms with Gasteiger partial charge in [-0.25, -0.2) is 0 Å². The predicted molar refractivity (Wildman–Crippen MR) is 38.2 cm³/mol. The van der Waals surface area contributed by atoms with Gasteiger partial charge in [0.25, 0.3) is 0 Å². The fourth-order valence-corrected chi connectivity index (χ4v) is 0.291. The summed E-state index contributed by atoms with van der Waals surface area (Å²) in [6, 6.07) is 0. The van der Waals surface area contributed by atoms with Gasteiger partial charge in [0.2, 0.25) is 0 Å². The van der Waals surface area contributed by atoms with Crippen LogP contribution in [0.25, 0.3) is 0 Å². The van der Waals surface area contributed by atoms with E-state index < -0.39 is 0 Å². The second-order valence-electron chi connectivity index (χ2n) is 1.65. The first-order valence-electron chi connectivity index (χ1n) is 2.68. The van der Waals surface area contributed by atoms with Gasteiger partial charge in [-0.3, -0.25) is 0 Å². The zero-order valence-corrected chi connectivity index (χ0v) is 8.29. The van der Waals surface area contributed by atoms with Crippen LogP contribution in [-0.2, 0) is 4.74 Å². The molecule has 0 heterocycles. The minimum Gasteiger partial charge on any atom is -0.499 e. The van der Waals surface area contributed by atoms with Crippen molar-refractivity contribution in [3.05, 3.63) is 12.3 Å². The predicted octanol–water partition coefficient (Wildman–Crippen LogP) is 0.537. The third kappa shape index (κ3) is 11.9. The zero-order chi connectivity index (χ0) is 6.41. The zero-order valence-electron chi connectivity index (χ0n) is 6.29.